The van der Waals surface area contributed by atoms with E-state index in [4.69, 9.17) is 15.5 Å². The van der Waals surface area contributed by atoms with E-state index in [-0.39, 0.29) is 11.8 Å². The van der Waals surface area contributed by atoms with Crippen LogP contribution in [0.15, 0.2) is 78.9 Å². The van der Waals surface area contributed by atoms with Gasteiger partial charge in [0.25, 0.3) is 0 Å². The van der Waals surface area contributed by atoms with Crippen LogP contribution < -0.4 is 10.6 Å². The van der Waals surface area contributed by atoms with Crippen molar-refractivity contribution in [2.24, 2.45) is 11.7 Å². The third kappa shape index (κ3) is 3.68. The normalized spacial score (nSPS) is 18.7. The van der Waals surface area contributed by atoms with E-state index in [1.165, 1.54) is 5.56 Å². The van der Waals surface area contributed by atoms with Crippen molar-refractivity contribution in [2.45, 2.75) is 31.4 Å². The fraction of sp³-hybridized carbons (Fsp3) is 0.296. The average molecular weight is 429 g/mol. The molecule has 0 spiro atoms. The number of nitrogens with zero attached hydrogens (tertiary/aromatic N) is 1. The molecule has 5 heteroatoms. The molecule has 1 fully saturated rings. The first-order valence-corrected chi connectivity index (χ1v) is 11.2. The lowest BCUT2D eigenvalue weighted by Gasteiger charge is -2.44. The van der Waals surface area contributed by atoms with Gasteiger partial charge in [-0.25, -0.2) is 0 Å². The van der Waals surface area contributed by atoms with Crippen molar-refractivity contribution in [1.82, 2.24) is 4.90 Å². The number of primary amides is 1. The van der Waals surface area contributed by atoms with Crippen LogP contribution in [-0.2, 0) is 28.2 Å². The number of carbonyl (C=O) groups is 1. The van der Waals surface area contributed by atoms with Crippen LogP contribution in [0.5, 0.6) is 5.75 Å². The van der Waals surface area contributed by atoms with E-state index in [1.54, 1.807) is 0 Å². The van der Waals surface area contributed by atoms with Crippen molar-refractivity contribution in [2.75, 3.05) is 13.1 Å². The average Bonchev–Trinajstić information content (AvgIpc) is 3.29. The van der Waals surface area contributed by atoms with E-state index >= 15 is 0 Å². The molecular weight excluding hydrogens is 400 g/mol. The largest absolute Gasteiger partial charge is 0.369 e. The van der Waals surface area contributed by atoms with Crippen LogP contribution in [0.1, 0.15) is 35.1 Å². The summed E-state index contributed by atoms with van der Waals surface area (Å²) in [5, 5.41) is 0. The second kappa shape index (κ2) is 8.77. The molecule has 0 aliphatic carbocycles. The summed E-state index contributed by atoms with van der Waals surface area (Å²) >= 11 is 0. The number of fused-ring (bicyclic) bond motifs is 1. The Labute approximate surface area is 188 Å². The second-order valence-corrected chi connectivity index (χ2v) is 8.77. The van der Waals surface area contributed by atoms with E-state index in [0.717, 1.165) is 54.9 Å². The molecule has 1 saturated heterocycles. The molecule has 5 nitrogen and oxygen atoms in total. The molecule has 0 saturated carbocycles. The minimum absolute atomic E-state index is 0.0764. The van der Waals surface area contributed by atoms with Gasteiger partial charge in [-0.1, -0.05) is 72.8 Å². The maximum Gasteiger partial charge on any atom is 0.232 e. The number of likely N-dealkylation sites (tertiary alicyclic amines) is 1. The number of nitrogens with two attached hydrogens (primary N) is 1. The number of rotatable bonds is 6. The molecule has 0 bridgehead atoms. The van der Waals surface area contributed by atoms with E-state index in [1.807, 2.05) is 60.7 Å². The summed E-state index contributed by atoms with van der Waals surface area (Å²) in [5.41, 5.74) is 9.56. The summed E-state index contributed by atoms with van der Waals surface area (Å²) in [6, 6.07) is 26.3. The Kier molecular flexibility index (Phi) is 5.68. The Morgan fingerprint density at radius 2 is 1.69 bits per heavy atom. The molecule has 2 heterocycles. The molecule has 1 unspecified atom stereocenters. The smallest absolute Gasteiger partial charge is 0.232 e. The molecule has 32 heavy (non-hydrogen) atoms. The van der Waals surface area contributed by atoms with Crippen molar-refractivity contribution in [1.29, 1.82) is 0 Å². The van der Waals surface area contributed by atoms with Gasteiger partial charge in [-0.2, -0.15) is 4.89 Å². The van der Waals surface area contributed by atoms with Crippen molar-refractivity contribution in [3.63, 3.8) is 0 Å². The number of hydrogen-bond acceptors (Lipinski definition) is 4. The van der Waals surface area contributed by atoms with Gasteiger partial charge in [-0.15, -0.1) is 0 Å². The molecule has 164 valence electrons. The highest BCUT2D eigenvalue weighted by Crippen LogP contribution is 2.43. The molecule has 2 aliphatic heterocycles. The maximum absolute atomic E-state index is 13.3. The molecule has 2 aliphatic rings. The Morgan fingerprint density at radius 1 is 1.00 bits per heavy atom. The van der Waals surface area contributed by atoms with Crippen LogP contribution in [0.25, 0.3) is 0 Å². The van der Waals surface area contributed by atoms with E-state index in [0.29, 0.717) is 6.61 Å². The van der Waals surface area contributed by atoms with E-state index < -0.39 is 5.41 Å². The van der Waals surface area contributed by atoms with Crippen LogP contribution in [0.4, 0.5) is 0 Å². The Balaban J connectivity index is 1.48. The predicted molar refractivity (Wildman–Crippen MR) is 123 cm³/mol. The standard InChI is InChI=1S/C27H28N2O3/c28-26(30)27(22-8-3-1-4-9-22,23-10-5-2-6-11-23)24-12-7-15-29(18-24)17-20-13-14-21-19-31-32-25(21)16-20/h1-6,8-11,13-14,16,24H,7,12,15,17-19H2,(H2,28,30). The van der Waals surface area contributed by atoms with Gasteiger partial charge in [0.05, 0.1) is 0 Å². The second-order valence-electron chi connectivity index (χ2n) is 8.77. The number of piperidine rings is 1. The first-order chi connectivity index (χ1) is 15.7. The molecule has 0 radical (unpaired) electrons. The third-order valence-electron chi connectivity index (χ3n) is 6.87. The highest BCUT2D eigenvalue weighted by Gasteiger charge is 2.48. The summed E-state index contributed by atoms with van der Waals surface area (Å²) in [5.74, 6) is 0.591. The molecule has 1 amide bonds. The third-order valence-corrected chi connectivity index (χ3v) is 6.87. The first kappa shape index (κ1) is 20.7. The van der Waals surface area contributed by atoms with Crippen LogP contribution in [0.3, 0.4) is 0 Å². The molecule has 0 aromatic heterocycles. The Bertz CT molecular complexity index is 1050. The predicted octanol–water partition coefficient (Wildman–Crippen LogP) is 4.19. The summed E-state index contributed by atoms with van der Waals surface area (Å²) < 4.78 is 0. The van der Waals surface area contributed by atoms with Crippen LogP contribution in [0.2, 0.25) is 0 Å². The topological polar surface area (TPSA) is 64.8 Å². The lowest BCUT2D eigenvalue weighted by atomic mass is 9.63. The first-order valence-electron chi connectivity index (χ1n) is 11.2. The highest BCUT2D eigenvalue weighted by molar-refractivity contribution is 5.91. The highest BCUT2D eigenvalue weighted by atomic mass is 17.2. The van der Waals surface area contributed by atoms with Gasteiger partial charge in [-0.3, -0.25) is 9.69 Å². The number of amides is 1. The summed E-state index contributed by atoms with van der Waals surface area (Å²) in [7, 11) is 0. The number of carbonyl (C=O) groups excluding carboxylic acids is 1. The van der Waals surface area contributed by atoms with Crippen LogP contribution >= 0.6 is 0 Å². The lowest BCUT2D eigenvalue weighted by molar-refractivity contribution is -0.194. The van der Waals surface area contributed by atoms with Gasteiger partial charge in [0.15, 0.2) is 5.75 Å². The zero-order chi connectivity index (χ0) is 22.0. The summed E-state index contributed by atoms with van der Waals surface area (Å²) in [6.45, 7) is 3.08. The fourth-order valence-electron chi connectivity index (χ4n) is 5.39. The van der Waals surface area contributed by atoms with Crippen LogP contribution in [-0.4, -0.2) is 23.9 Å². The van der Waals surface area contributed by atoms with Gasteiger partial charge in [0.2, 0.25) is 5.91 Å². The zero-order valence-electron chi connectivity index (χ0n) is 18.1. The maximum atomic E-state index is 13.3. The minimum atomic E-state index is -0.865. The molecule has 2 N–H and O–H groups in total. The van der Waals surface area contributed by atoms with Crippen molar-refractivity contribution < 1.29 is 14.6 Å². The Hall–Kier alpha value is -3.15. The van der Waals surface area contributed by atoms with Gasteiger partial charge >= 0.3 is 0 Å². The van der Waals surface area contributed by atoms with Crippen molar-refractivity contribution in [3.05, 3.63) is 101 Å². The molecule has 5 rings (SSSR count). The Morgan fingerprint density at radius 3 is 2.34 bits per heavy atom. The minimum Gasteiger partial charge on any atom is -0.369 e. The quantitative estimate of drug-likeness (QED) is 0.598. The van der Waals surface area contributed by atoms with Crippen molar-refractivity contribution in [3.8, 4) is 5.75 Å². The summed E-state index contributed by atoms with van der Waals surface area (Å²) in [4.78, 5) is 26.1. The van der Waals surface area contributed by atoms with E-state index in [9.17, 15) is 4.79 Å². The fourth-order valence-corrected chi connectivity index (χ4v) is 5.39. The zero-order valence-corrected chi connectivity index (χ0v) is 18.1. The number of benzene rings is 3. The van der Waals surface area contributed by atoms with Crippen molar-refractivity contribution >= 4 is 5.91 Å². The number of hydrogen-bond donors (Lipinski definition) is 1. The summed E-state index contributed by atoms with van der Waals surface area (Å²) in [6.07, 6.45) is 1.97. The van der Waals surface area contributed by atoms with Gasteiger partial charge in [0, 0.05) is 18.7 Å². The van der Waals surface area contributed by atoms with Gasteiger partial charge < -0.3 is 10.6 Å². The monoisotopic (exact) mass is 428 g/mol. The van der Waals surface area contributed by atoms with Crippen LogP contribution in [0, 0.1) is 5.92 Å². The van der Waals surface area contributed by atoms with Gasteiger partial charge in [-0.05, 0) is 48.1 Å². The molecule has 1 atom stereocenters. The lowest BCUT2D eigenvalue weighted by Crippen LogP contribution is -2.53. The SMILES string of the molecule is NC(=O)C(c1ccccc1)(c1ccccc1)C1CCCN(Cc2ccc3c(c2)OOC3)C1. The molecular formula is C27H28N2O3. The van der Waals surface area contributed by atoms with E-state index in [2.05, 4.69) is 23.1 Å². The van der Waals surface area contributed by atoms with Gasteiger partial charge in [0.1, 0.15) is 12.0 Å². The molecule has 3 aromatic rings. The molecule has 3 aromatic carbocycles.